The normalized spacial score (nSPS) is 10.9. The summed E-state index contributed by atoms with van der Waals surface area (Å²) in [6.07, 6.45) is 2.55. The van der Waals surface area contributed by atoms with E-state index in [9.17, 15) is 4.79 Å². The third-order valence-electron chi connectivity index (χ3n) is 2.22. The third kappa shape index (κ3) is 6.03. The van der Waals surface area contributed by atoms with Crippen LogP contribution in [-0.4, -0.2) is 18.7 Å². The molecule has 0 radical (unpaired) electrons. The van der Waals surface area contributed by atoms with Gasteiger partial charge in [0.25, 0.3) is 5.91 Å². The first-order valence-electron chi connectivity index (χ1n) is 6.07. The maximum absolute atomic E-state index is 11.4. The van der Waals surface area contributed by atoms with Crippen LogP contribution in [0.1, 0.15) is 25.8 Å². The molecule has 1 aromatic rings. The minimum Gasteiger partial charge on any atom is -0.484 e. The first-order valence-corrected chi connectivity index (χ1v) is 6.07. The summed E-state index contributed by atoms with van der Waals surface area (Å²) in [6.45, 7) is 6.13. The first kappa shape index (κ1) is 14.2. The maximum Gasteiger partial charge on any atom is 0.277 e. The molecule has 98 valence electrons. The van der Waals surface area contributed by atoms with E-state index in [-0.39, 0.29) is 12.5 Å². The molecule has 4 nitrogen and oxygen atoms in total. The number of nitrogens with zero attached hydrogens (tertiary/aromatic N) is 1. The highest BCUT2D eigenvalue weighted by Gasteiger charge is 2.01. The van der Waals surface area contributed by atoms with E-state index in [1.165, 1.54) is 0 Å². The van der Waals surface area contributed by atoms with Gasteiger partial charge >= 0.3 is 0 Å². The van der Waals surface area contributed by atoms with Crippen LogP contribution in [0.3, 0.4) is 0 Å². The van der Waals surface area contributed by atoms with Crippen molar-refractivity contribution in [1.29, 1.82) is 0 Å². The number of carbonyl (C=O) groups is 1. The highest BCUT2D eigenvalue weighted by molar-refractivity contribution is 5.78. The Morgan fingerprint density at radius 3 is 2.94 bits per heavy atom. The van der Waals surface area contributed by atoms with E-state index < -0.39 is 0 Å². The van der Waals surface area contributed by atoms with Gasteiger partial charge in [0.2, 0.25) is 0 Å². The molecule has 1 amide bonds. The minimum absolute atomic E-state index is 0.0253. The van der Waals surface area contributed by atoms with Crippen LogP contribution in [0, 0.1) is 12.8 Å². The van der Waals surface area contributed by atoms with Gasteiger partial charge in [-0.1, -0.05) is 26.0 Å². The minimum atomic E-state index is -0.253. The van der Waals surface area contributed by atoms with Crippen LogP contribution in [0.2, 0.25) is 0 Å². The summed E-state index contributed by atoms with van der Waals surface area (Å²) in [4.78, 5) is 11.4. The molecule has 0 atom stereocenters. The van der Waals surface area contributed by atoms with Crippen molar-refractivity contribution in [3.05, 3.63) is 29.8 Å². The van der Waals surface area contributed by atoms with Gasteiger partial charge in [-0.3, -0.25) is 4.79 Å². The lowest BCUT2D eigenvalue weighted by Crippen LogP contribution is -2.24. The average Bonchev–Trinajstić information content (AvgIpc) is 2.32. The van der Waals surface area contributed by atoms with Crippen molar-refractivity contribution in [2.45, 2.75) is 27.2 Å². The molecule has 0 spiro atoms. The molecule has 0 unspecified atom stereocenters. The zero-order valence-electron chi connectivity index (χ0n) is 11.1. The molecule has 0 aliphatic heterocycles. The Morgan fingerprint density at radius 1 is 1.50 bits per heavy atom. The molecule has 1 aromatic carbocycles. The number of hydrogen-bond acceptors (Lipinski definition) is 3. The SMILES string of the molecule is Cc1cccc(OCC(=O)N/N=C/CC(C)C)c1. The Balaban J connectivity index is 2.27. The largest absolute Gasteiger partial charge is 0.484 e. The summed E-state index contributed by atoms with van der Waals surface area (Å²) in [5.74, 6) is 0.974. The Kier molecular flexibility index (Phi) is 5.91. The molecule has 0 saturated carbocycles. The van der Waals surface area contributed by atoms with Gasteiger partial charge in [-0.05, 0) is 37.0 Å². The number of carbonyl (C=O) groups excluding carboxylic acids is 1. The number of hydrazone groups is 1. The molecule has 0 saturated heterocycles. The summed E-state index contributed by atoms with van der Waals surface area (Å²) < 4.78 is 5.34. The summed E-state index contributed by atoms with van der Waals surface area (Å²) in [7, 11) is 0. The lowest BCUT2D eigenvalue weighted by atomic mass is 10.2. The van der Waals surface area contributed by atoms with Crippen molar-refractivity contribution in [3.8, 4) is 5.75 Å². The molecule has 0 fully saturated rings. The summed E-state index contributed by atoms with van der Waals surface area (Å²) >= 11 is 0. The fourth-order valence-corrected chi connectivity index (χ4v) is 1.27. The molecule has 0 bridgehead atoms. The van der Waals surface area contributed by atoms with E-state index in [2.05, 4.69) is 24.4 Å². The molecule has 4 heteroatoms. The molecular weight excluding hydrogens is 228 g/mol. The van der Waals surface area contributed by atoms with Gasteiger partial charge in [-0.2, -0.15) is 5.10 Å². The maximum atomic E-state index is 11.4. The Hall–Kier alpha value is -1.84. The van der Waals surface area contributed by atoms with Crippen molar-refractivity contribution >= 4 is 12.1 Å². The van der Waals surface area contributed by atoms with E-state index >= 15 is 0 Å². The van der Waals surface area contributed by atoms with Gasteiger partial charge in [-0.15, -0.1) is 0 Å². The van der Waals surface area contributed by atoms with Crippen molar-refractivity contribution < 1.29 is 9.53 Å². The van der Waals surface area contributed by atoms with Crippen LogP contribution in [-0.2, 0) is 4.79 Å². The number of rotatable bonds is 6. The van der Waals surface area contributed by atoms with Gasteiger partial charge in [0.1, 0.15) is 5.75 Å². The Labute approximate surface area is 108 Å². The number of ether oxygens (including phenoxy) is 1. The fraction of sp³-hybridized carbons (Fsp3) is 0.429. The van der Waals surface area contributed by atoms with Crippen LogP contribution in [0.15, 0.2) is 29.4 Å². The van der Waals surface area contributed by atoms with Crippen molar-refractivity contribution in [3.63, 3.8) is 0 Å². The Bertz CT molecular complexity index is 414. The van der Waals surface area contributed by atoms with Gasteiger partial charge in [0.15, 0.2) is 6.61 Å². The molecular formula is C14H20N2O2. The highest BCUT2D eigenvalue weighted by atomic mass is 16.5. The summed E-state index contributed by atoms with van der Waals surface area (Å²) in [6, 6.07) is 7.57. The van der Waals surface area contributed by atoms with Crippen LogP contribution >= 0.6 is 0 Å². The second-order valence-electron chi connectivity index (χ2n) is 4.58. The quantitative estimate of drug-likeness (QED) is 0.621. The lowest BCUT2D eigenvalue weighted by molar-refractivity contribution is -0.123. The van der Waals surface area contributed by atoms with E-state index in [1.54, 1.807) is 6.21 Å². The van der Waals surface area contributed by atoms with Gasteiger partial charge in [0, 0.05) is 6.21 Å². The van der Waals surface area contributed by atoms with Crippen molar-refractivity contribution in [2.24, 2.45) is 11.0 Å². The van der Waals surface area contributed by atoms with Crippen LogP contribution in [0.5, 0.6) is 5.75 Å². The van der Waals surface area contributed by atoms with E-state index in [0.717, 1.165) is 12.0 Å². The fourth-order valence-electron chi connectivity index (χ4n) is 1.27. The number of hydrogen-bond donors (Lipinski definition) is 1. The van der Waals surface area contributed by atoms with Crippen molar-refractivity contribution in [2.75, 3.05) is 6.61 Å². The lowest BCUT2D eigenvalue weighted by Gasteiger charge is -2.05. The smallest absolute Gasteiger partial charge is 0.277 e. The number of aryl methyl sites for hydroxylation is 1. The zero-order chi connectivity index (χ0) is 13.4. The predicted molar refractivity (Wildman–Crippen MR) is 72.8 cm³/mol. The predicted octanol–water partition coefficient (Wildman–Crippen LogP) is 2.52. The summed E-state index contributed by atoms with van der Waals surface area (Å²) in [5.41, 5.74) is 3.53. The first-order chi connectivity index (χ1) is 8.58. The number of amides is 1. The van der Waals surface area contributed by atoms with Gasteiger partial charge in [-0.25, -0.2) is 5.43 Å². The standard InChI is InChI=1S/C14H20N2O2/c1-11(2)7-8-15-16-14(17)10-18-13-6-4-5-12(3)9-13/h4-6,8-9,11H,7,10H2,1-3H3,(H,16,17)/b15-8+. The van der Waals surface area contributed by atoms with Crippen LogP contribution in [0.25, 0.3) is 0 Å². The number of nitrogens with one attached hydrogen (secondary N) is 1. The Morgan fingerprint density at radius 2 is 2.28 bits per heavy atom. The van der Waals surface area contributed by atoms with Crippen molar-refractivity contribution in [1.82, 2.24) is 5.43 Å². The molecule has 0 aliphatic carbocycles. The molecule has 1 rings (SSSR count). The monoisotopic (exact) mass is 248 g/mol. The third-order valence-corrected chi connectivity index (χ3v) is 2.22. The molecule has 0 heterocycles. The van der Waals surface area contributed by atoms with E-state index in [0.29, 0.717) is 11.7 Å². The number of benzene rings is 1. The molecule has 0 aliphatic rings. The van der Waals surface area contributed by atoms with Crippen LogP contribution < -0.4 is 10.2 Å². The van der Waals surface area contributed by atoms with E-state index in [4.69, 9.17) is 4.74 Å². The van der Waals surface area contributed by atoms with Gasteiger partial charge in [0.05, 0.1) is 0 Å². The highest BCUT2D eigenvalue weighted by Crippen LogP contribution is 2.11. The van der Waals surface area contributed by atoms with Crippen LogP contribution in [0.4, 0.5) is 0 Å². The summed E-state index contributed by atoms with van der Waals surface area (Å²) in [5, 5.41) is 3.84. The zero-order valence-corrected chi connectivity index (χ0v) is 11.1. The molecule has 18 heavy (non-hydrogen) atoms. The second kappa shape index (κ2) is 7.48. The average molecular weight is 248 g/mol. The topological polar surface area (TPSA) is 50.7 Å². The molecule has 1 N–H and O–H groups in total. The second-order valence-corrected chi connectivity index (χ2v) is 4.58. The molecule has 0 aromatic heterocycles. The van der Waals surface area contributed by atoms with Gasteiger partial charge < -0.3 is 4.74 Å². The van der Waals surface area contributed by atoms with E-state index in [1.807, 2.05) is 31.2 Å².